The molecule has 0 N–H and O–H groups in total. The molecular formula is C10H14O4. The molecule has 1 heterocycles. The van der Waals surface area contributed by atoms with Gasteiger partial charge in [-0.25, -0.2) is 0 Å². The van der Waals surface area contributed by atoms with Gasteiger partial charge in [0.1, 0.15) is 0 Å². The second-order valence-corrected chi connectivity index (χ2v) is 4.46. The van der Waals surface area contributed by atoms with Crippen molar-refractivity contribution in [1.29, 1.82) is 0 Å². The Morgan fingerprint density at radius 2 is 1.79 bits per heavy atom. The quantitative estimate of drug-likeness (QED) is 0.470. The Balaban J connectivity index is 2.23. The van der Waals surface area contributed by atoms with E-state index in [0.717, 1.165) is 6.42 Å². The molecular weight excluding hydrogens is 184 g/mol. The third-order valence-electron chi connectivity index (χ3n) is 3.00. The number of hydrogen-bond acceptors (Lipinski definition) is 4. The predicted octanol–water partition coefficient (Wildman–Crippen LogP) is 1.24. The predicted molar refractivity (Wildman–Crippen MR) is 47.1 cm³/mol. The summed E-state index contributed by atoms with van der Waals surface area (Å²) in [6.07, 6.45) is 1.39. The monoisotopic (exact) mass is 198 g/mol. The average Bonchev–Trinajstić information content (AvgIpc) is 2.74. The molecule has 1 atom stereocenters. The van der Waals surface area contributed by atoms with Crippen molar-refractivity contribution in [2.75, 3.05) is 0 Å². The van der Waals surface area contributed by atoms with Gasteiger partial charge in [0.05, 0.1) is 0 Å². The topological polar surface area (TPSA) is 52.6 Å². The SMILES string of the molecule is CCC1CC12C(=O)OC(C)(C)OC2=O. The van der Waals surface area contributed by atoms with Gasteiger partial charge in [-0.05, 0) is 12.3 Å². The molecule has 2 rings (SSSR count). The second kappa shape index (κ2) is 2.49. The van der Waals surface area contributed by atoms with Crippen molar-refractivity contribution in [1.82, 2.24) is 0 Å². The van der Waals surface area contributed by atoms with Crippen LogP contribution >= 0.6 is 0 Å². The standard InChI is InChI=1S/C10H14O4/c1-4-6-5-10(6)7(11)13-9(2,3)14-8(10)12/h6H,4-5H2,1-3H3. The molecule has 0 aromatic heterocycles. The van der Waals surface area contributed by atoms with Crippen molar-refractivity contribution in [3.05, 3.63) is 0 Å². The Morgan fingerprint density at radius 1 is 1.29 bits per heavy atom. The van der Waals surface area contributed by atoms with Gasteiger partial charge < -0.3 is 9.47 Å². The first-order valence-electron chi connectivity index (χ1n) is 4.89. The first kappa shape index (κ1) is 9.49. The van der Waals surface area contributed by atoms with E-state index in [1.54, 1.807) is 13.8 Å². The lowest BCUT2D eigenvalue weighted by Crippen LogP contribution is -2.48. The molecule has 2 aliphatic rings. The van der Waals surface area contributed by atoms with Gasteiger partial charge in [0.15, 0.2) is 5.41 Å². The minimum atomic E-state index is -1.10. The van der Waals surface area contributed by atoms with E-state index in [-0.39, 0.29) is 5.92 Å². The van der Waals surface area contributed by atoms with Crippen LogP contribution in [0.3, 0.4) is 0 Å². The van der Waals surface area contributed by atoms with Gasteiger partial charge in [-0.3, -0.25) is 9.59 Å². The van der Waals surface area contributed by atoms with E-state index in [0.29, 0.717) is 6.42 Å². The molecule has 1 saturated heterocycles. The Morgan fingerprint density at radius 3 is 2.14 bits per heavy atom. The lowest BCUT2D eigenvalue weighted by molar-refractivity contribution is -0.243. The van der Waals surface area contributed by atoms with Crippen LogP contribution in [0.25, 0.3) is 0 Å². The van der Waals surface area contributed by atoms with E-state index in [9.17, 15) is 9.59 Å². The lowest BCUT2D eigenvalue weighted by Gasteiger charge is -2.33. The normalized spacial score (nSPS) is 32.4. The maximum Gasteiger partial charge on any atom is 0.327 e. The van der Waals surface area contributed by atoms with Crippen LogP contribution in [0.2, 0.25) is 0 Å². The zero-order chi connectivity index (χ0) is 10.6. The molecule has 0 aromatic rings. The molecule has 4 heteroatoms. The Bertz CT molecular complexity index is 285. The van der Waals surface area contributed by atoms with Crippen LogP contribution in [-0.2, 0) is 19.1 Å². The van der Waals surface area contributed by atoms with Crippen molar-refractivity contribution < 1.29 is 19.1 Å². The van der Waals surface area contributed by atoms with Crippen LogP contribution in [0.15, 0.2) is 0 Å². The summed E-state index contributed by atoms with van der Waals surface area (Å²) in [5, 5.41) is 0. The molecule has 1 aliphatic carbocycles. The van der Waals surface area contributed by atoms with Crippen LogP contribution in [0.5, 0.6) is 0 Å². The van der Waals surface area contributed by atoms with E-state index in [2.05, 4.69) is 0 Å². The van der Waals surface area contributed by atoms with Crippen LogP contribution in [0, 0.1) is 11.3 Å². The van der Waals surface area contributed by atoms with E-state index in [4.69, 9.17) is 9.47 Å². The van der Waals surface area contributed by atoms with E-state index >= 15 is 0 Å². The smallest absolute Gasteiger partial charge is 0.327 e. The van der Waals surface area contributed by atoms with Gasteiger partial charge >= 0.3 is 11.9 Å². The summed E-state index contributed by atoms with van der Waals surface area (Å²) < 4.78 is 10.1. The summed E-state index contributed by atoms with van der Waals surface area (Å²) >= 11 is 0. The van der Waals surface area contributed by atoms with Gasteiger partial charge in [-0.15, -0.1) is 0 Å². The van der Waals surface area contributed by atoms with Crippen molar-refractivity contribution in [2.45, 2.75) is 39.4 Å². The van der Waals surface area contributed by atoms with Gasteiger partial charge in [0, 0.05) is 13.8 Å². The number of carbonyl (C=O) groups excluding carboxylic acids is 2. The lowest BCUT2D eigenvalue weighted by atomic mass is 10.0. The van der Waals surface area contributed by atoms with Crippen molar-refractivity contribution in [3.8, 4) is 0 Å². The Kier molecular flexibility index (Phi) is 1.69. The molecule has 0 aromatic carbocycles. The summed E-state index contributed by atoms with van der Waals surface area (Å²) in [7, 11) is 0. The molecule has 1 saturated carbocycles. The summed E-state index contributed by atoms with van der Waals surface area (Å²) in [6.45, 7) is 5.09. The highest BCUT2D eigenvalue weighted by atomic mass is 16.7. The fourth-order valence-electron chi connectivity index (χ4n) is 2.06. The average molecular weight is 198 g/mol. The summed E-state index contributed by atoms with van der Waals surface area (Å²) in [5.74, 6) is -1.81. The van der Waals surface area contributed by atoms with E-state index < -0.39 is 23.1 Å². The molecule has 1 aliphatic heterocycles. The summed E-state index contributed by atoms with van der Waals surface area (Å²) in [4.78, 5) is 23.3. The molecule has 0 radical (unpaired) electrons. The number of rotatable bonds is 1. The number of carbonyl (C=O) groups is 2. The van der Waals surface area contributed by atoms with Crippen LogP contribution < -0.4 is 0 Å². The maximum absolute atomic E-state index is 11.7. The highest BCUT2D eigenvalue weighted by Gasteiger charge is 2.70. The van der Waals surface area contributed by atoms with Crippen LogP contribution in [0.1, 0.15) is 33.6 Å². The second-order valence-electron chi connectivity index (χ2n) is 4.46. The van der Waals surface area contributed by atoms with Gasteiger partial charge in [0.2, 0.25) is 0 Å². The molecule has 78 valence electrons. The fraction of sp³-hybridized carbons (Fsp3) is 0.800. The third kappa shape index (κ3) is 1.06. The number of esters is 2. The summed E-state index contributed by atoms with van der Waals surface area (Å²) in [6, 6.07) is 0. The highest BCUT2D eigenvalue weighted by Crippen LogP contribution is 2.58. The molecule has 14 heavy (non-hydrogen) atoms. The number of cyclic esters (lactones) is 2. The zero-order valence-corrected chi connectivity index (χ0v) is 8.62. The number of hydrogen-bond donors (Lipinski definition) is 0. The maximum atomic E-state index is 11.7. The molecule has 0 amide bonds. The van der Waals surface area contributed by atoms with Crippen molar-refractivity contribution >= 4 is 11.9 Å². The molecule has 2 fully saturated rings. The molecule has 1 unspecified atom stereocenters. The number of ether oxygens (including phenoxy) is 2. The van der Waals surface area contributed by atoms with Crippen LogP contribution in [0.4, 0.5) is 0 Å². The zero-order valence-electron chi connectivity index (χ0n) is 8.62. The summed E-state index contributed by atoms with van der Waals surface area (Å²) in [5.41, 5.74) is -0.954. The van der Waals surface area contributed by atoms with Crippen LogP contribution in [-0.4, -0.2) is 17.7 Å². The van der Waals surface area contributed by atoms with E-state index in [1.807, 2.05) is 6.92 Å². The first-order valence-corrected chi connectivity index (χ1v) is 4.89. The fourth-order valence-corrected chi connectivity index (χ4v) is 2.06. The molecule has 4 nitrogen and oxygen atoms in total. The van der Waals surface area contributed by atoms with E-state index in [1.165, 1.54) is 0 Å². The minimum Gasteiger partial charge on any atom is -0.422 e. The third-order valence-corrected chi connectivity index (χ3v) is 3.00. The van der Waals surface area contributed by atoms with Gasteiger partial charge in [-0.2, -0.15) is 0 Å². The van der Waals surface area contributed by atoms with Crippen molar-refractivity contribution in [2.24, 2.45) is 11.3 Å². The van der Waals surface area contributed by atoms with Gasteiger partial charge in [0.25, 0.3) is 5.79 Å². The highest BCUT2D eigenvalue weighted by molar-refractivity contribution is 6.05. The largest absolute Gasteiger partial charge is 0.422 e. The Labute approximate surface area is 82.6 Å². The van der Waals surface area contributed by atoms with Crippen molar-refractivity contribution in [3.63, 3.8) is 0 Å². The van der Waals surface area contributed by atoms with Gasteiger partial charge in [-0.1, -0.05) is 13.3 Å². The molecule has 0 bridgehead atoms. The minimum absolute atomic E-state index is 0.110. The first-order chi connectivity index (χ1) is 6.42. The molecule has 1 spiro atoms. The Hall–Kier alpha value is -1.06.